The number of aryl methyl sites for hydroxylation is 1. The average molecular weight is 380 g/mol. The third-order valence-electron chi connectivity index (χ3n) is 5.02. The van der Waals surface area contributed by atoms with Crippen LogP contribution in [0.15, 0.2) is 30.8 Å². The highest BCUT2D eigenvalue weighted by Gasteiger charge is 2.16. The Morgan fingerprint density at radius 3 is 2.25 bits per heavy atom. The fourth-order valence-corrected chi connectivity index (χ4v) is 3.41. The Labute approximate surface area is 165 Å². The maximum absolute atomic E-state index is 4.23. The third-order valence-corrected chi connectivity index (χ3v) is 5.02. The van der Waals surface area contributed by atoms with E-state index in [0.29, 0.717) is 5.92 Å². The van der Waals surface area contributed by atoms with Gasteiger partial charge in [0.25, 0.3) is 0 Å². The van der Waals surface area contributed by atoms with E-state index in [1.807, 2.05) is 6.08 Å². The highest BCUT2D eigenvalue weighted by Crippen LogP contribution is 2.24. The quantitative estimate of drug-likeness (QED) is 0.438. The summed E-state index contributed by atoms with van der Waals surface area (Å²) in [5.74, 6) is 1.92. The molecule has 1 aromatic carbocycles. The van der Waals surface area contributed by atoms with E-state index in [9.17, 15) is 0 Å². The van der Waals surface area contributed by atoms with Crippen LogP contribution in [0.4, 0.5) is 0 Å². The Kier molecular flexibility index (Phi) is 7.84. The number of tetrazole rings is 2. The average Bonchev–Trinajstić information content (AvgIpc) is 3.44. The van der Waals surface area contributed by atoms with Gasteiger partial charge in [0.2, 0.25) is 0 Å². The minimum absolute atomic E-state index is 0.298. The lowest BCUT2D eigenvalue weighted by atomic mass is 9.92. The van der Waals surface area contributed by atoms with Gasteiger partial charge in [0.05, 0.1) is 0 Å². The van der Waals surface area contributed by atoms with Gasteiger partial charge in [-0.3, -0.25) is 0 Å². The molecule has 3 aromatic rings. The van der Waals surface area contributed by atoms with E-state index in [2.05, 4.69) is 72.1 Å². The van der Waals surface area contributed by atoms with Crippen LogP contribution in [0.5, 0.6) is 0 Å². The van der Waals surface area contributed by atoms with Crippen LogP contribution in [0.2, 0.25) is 0 Å². The van der Waals surface area contributed by atoms with Crippen molar-refractivity contribution in [3.05, 3.63) is 53.6 Å². The lowest BCUT2D eigenvalue weighted by Gasteiger charge is -2.13. The van der Waals surface area contributed by atoms with Crippen LogP contribution in [0.3, 0.4) is 0 Å². The molecule has 0 fully saturated rings. The summed E-state index contributed by atoms with van der Waals surface area (Å²) >= 11 is 0. The van der Waals surface area contributed by atoms with Gasteiger partial charge in [-0.15, -0.1) is 20.4 Å². The minimum atomic E-state index is 0.298. The van der Waals surface area contributed by atoms with E-state index in [1.54, 1.807) is 0 Å². The fraction of sp³-hybridized carbons (Fsp3) is 0.500. The molecule has 0 saturated carbocycles. The van der Waals surface area contributed by atoms with Gasteiger partial charge in [-0.1, -0.05) is 79.5 Å². The SMILES string of the molecule is C=Cc1ccc(CC(CCCCCCCCc2nn[nH]n2)c2nn[nH]n2)cc1. The third kappa shape index (κ3) is 6.37. The van der Waals surface area contributed by atoms with E-state index >= 15 is 0 Å². The van der Waals surface area contributed by atoms with Crippen molar-refractivity contribution in [3.8, 4) is 0 Å². The van der Waals surface area contributed by atoms with Gasteiger partial charge >= 0.3 is 0 Å². The molecule has 3 rings (SSSR count). The molecule has 0 bridgehead atoms. The molecule has 0 radical (unpaired) electrons. The number of aromatic nitrogens is 8. The Morgan fingerprint density at radius 1 is 0.857 bits per heavy atom. The van der Waals surface area contributed by atoms with Crippen LogP contribution >= 0.6 is 0 Å². The van der Waals surface area contributed by atoms with Crippen molar-refractivity contribution in [3.63, 3.8) is 0 Å². The van der Waals surface area contributed by atoms with E-state index in [4.69, 9.17) is 0 Å². The summed E-state index contributed by atoms with van der Waals surface area (Å²) in [4.78, 5) is 0. The van der Waals surface area contributed by atoms with Crippen molar-refractivity contribution in [1.82, 2.24) is 41.2 Å². The summed E-state index contributed by atoms with van der Waals surface area (Å²) in [6, 6.07) is 8.52. The molecule has 2 aromatic heterocycles. The van der Waals surface area contributed by atoms with Gasteiger partial charge < -0.3 is 0 Å². The molecular weight excluding hydrogens is 352 g/mol. The normalized spacial score (nSPS) is 12.1. The lowest BCUT2D eigenvalue weighted by molar-refractivity contribution is 0.517. The minimum Gasteiger partial charge on any atom is -0.177 e. The van der Waals surface area contributed by atoms with Crippen molar-refractivity contribution < 1.29 is 0 Å². The van der Waals surface area contributed by atoms with Crippen LogP contribution in [-0.2, 0) is 12.8 Å². The summed E-state index contributed by atoms with van der Waals surface area (Å²) in [5, 5.41) is 28.8. The van der Waals surface area contributed by atoms with Gasteiger partial charge in [-0.25, -0.2) is 0 Å². The molecule has 28 heavy (non-hydrogen) atoms. The number of aromatic amines is 2. The molecule has 1 unspecified atom stereocenters. The summed E-state index contributed by atoms with van der Waals surface area (Å²) in [7, 11) is 0. The molecule has 8 heteroatoms. The first-order chi connectivity index (χ1) is 13.8. The number of hydrogen-bond acceptors (Lipinski definition) is 6. The number of nitrogens with one attached hydrogen (secondary N) is 2. The molecule has 0 aliphatic rings. The summed E-state index contributed by atoms with van der Waals surface area (Å²) in [6.07, 6.45) is 12.0. The van der Waals surface area contributed by atoms with Crippen LogP contribution in [0, 0.1) is 0 Å². The first-order valence-corrected chi connectivity index (χ1v) is 10.0. The molecule has 0 saturated heterocycles. The number of unbranched alkanes of at least 4 members (excludes halogenated alkanes) is 5. The van der Waals surface area contributed by atoms with Crippen molar-refractivity contribution in [1.29, 1.82) is 0 Å². The van der Waals surface area contributed by atoms with Crippen molar-refractivity contribution >= 4 is 6.08 Å². The van der Waals surface area contributed by atoms with Crippen LogP contribution in [-0.4, -0.2) is 41.2 Å². The molecule has 0 aliphatic carbocycles. The predicted molar refractivity (Wildman–Crippen MR) is 107 cm³/mol. The molecule has 1 atom stereocenters. The van der Waals surface area contributed by atoms with Crippen molar-refractivity contribution in [2.45, 2.75) is 63.7 Å². The summed E-state index contributed by atoms with van der Waals surface area (Å²) < 4.78 is 0. The topological polar surface area (TPSA) is 109 Å². The second kappa shape index (κ2) is 11.1. The van der Waals surface area contributed by atoms with Crippen molar-refractivity contribution in [2.75, 3.05) is 0 Å². The van der Waals surface area contributed by atoms with E-state index < -0.39 is 0 Å². The molecule has 8 nitrogen and oxygen atoms in total. The largest absolute Gasteiger partial charge is 0.177 e. The van der Waals surface area contributed by atoms with E-state index in [0.717, 1.165) is 42.9 Å². The summed E-state index contributed by atoms with van der Waals surface area (Å²) in [5.41, 5.74) is 2.43. The van der Waals surface area contributed by atoms with Crippen LogP contribution in [0.25, 0.3) is 6.08 Å². The van der Waals surface area contributed by atoms with E-state index in [1.165, 1.54) is 37.7 Å². The molecule has 0 spiro atoms. The number of H-pyrrole nitrogens is 2. The zero-order chi connectivity index (χ0) is 19.4. The second-order valence-electron chi connectivity index (χ2n) is 7.10. The van der Waals surface area contributed by atoms with E-state index in [-0.39, 0.29) is 0 Å². The second-order valence-corrected chi connectivity index (χ2v) is 7.10. The van der Waals surface area contributed by atoms with Crippen LogP contribution in [0.1, 0.15) is 73.6 Å². The fourth-order valence-electron chi connectivity index (χ4n) is 3.41. The first kappa shape index (κ1) is 19.9. The molecule has 2 heterocycles. The molecule has 0 aliphatic heterocycles. The highest BCUT2D eigenvalue weighted by atomic mass is 15.5. The standard InChI is InChI=1S/C20H28N8/c1-2-16-11-13-17(14-12-16)15-18(20-23-27-28-24-20)9-7-5-3-4-6-8-10-19-21-25-26-22-19/h2,11-14,18H,1,3-10,15H2,(H,21,22,25,26)(H,23,24,27,28). The molecule has 148 valence electrons. The Morgan fingerprint density at radius 2 is 1.57 bits per heavy atom. The zero-order valence-electron chi connectivity index (χ0n) is 16.2. The number of rotatable bonds is 13. The van der Waals surface area contributed by atoms with Gasteiger partial charge in [0, 0.05) is 12.3 Å². The molecule has 0 amide bonds. The smallest absolute Gasteiger partial charge is 0.177 e. The maximum atomic E-state index is 4.23. The Balaban J connectivity index is 1.36. The summed E-state index contributed by atoms with van der Waals surface area (Å²) in [6.45, 7) is 3.81. The number of nitrogens with zero attached hydrogens (tertiary/aromatic N) is 6. The van der Waals surface area contributed by atoms with Crippen molar-refractivity contribution in [2.24, 2.45) is 0 Å². The lowest BCUT2D eigenvalue weighted by Crippen LogP contribution is -2.06. The molecular formula is C20H28N8. The number of hydrogen-bond donors (Lipinski definition) is 2. The van der Waals surface area contributed by atoms with Gasteiger partial charge in [-0.05, 0) is 30.4 Å². The number of benzene rings is 1. The first-order valence-electron chi connectivity index (χ1n) is 10.0. The zero-order valence-corrected chi connectivity index (χ0v) is 16.2. The highest BCUT2D eigenvalue weighted by molar-refractivity contribution is 5.47. The Bertz CT molecular complexity index is 780. The van der Waals surface area contributed by atoms with Gasteiger partial charge in [-0.2, -0.15) is 10.4 Å². The Hall–Kier alpha value is -2.90. The predicted octanol–water partition coefficient (Wildman–Crippen LogP) is 3.66. The van der Waals surface area contributed by atoms with Gasteiger partial charge in [0.1, 0.15) is 0 Å². The van der Waals surface area contributed by atoms with Crippen LogP contribution < -0.4 is 0 Å². The van der Waals surface area contributed by atoms with Gasteiger partial charge in [0.15, 0.2) is 11.6 Å². The monoisotopic (exact) mass is 380 g/mol. The maximum Gasteiger partial charge on any atom is 0.177 e. The molecule has 2 N–H and O–H groups in total.